The van der Waals surface area contributed by atoms with Crippen LogP contribution in [0.1, 0.15) is 56.3 Å². The fourth-order valence-corrected chi connectivity index (χ4v) is 4.78. The van der Waals surface area contributed by atoms with Crippen LogP contribution in [0.25, 0.3) is 0 Å². The smallest absolute Gasteiger partial charge is 0.213 e. The van der Waals surface area contributed by atoms with Gasteiger partial charge < -0.3 is 4.90 Å². The summed E-state index contributed by atoms with van der Waals surface area (Å²) < 4.78 is 39.4. The number of nitrogens with zero attached hydrogens (tertiary/aromatic N) is 4. The van der Waals surface area contributed by atoms with Crippen LogP contribution in [0.15, 0.2) is 24.3 Å². The number of benzene rings is 1. The molecule has 2 aromatic rings. The zero-order valence-corrected chi connectivity index (χ0v) is 19.0. The molecule has 0 unspecified atom stereocenters. The van der Waals surface area contributed by atoms with E-state index in [1.54, 1.807) is 23.4 Å². The standard InChI is InChI=1S/C22H31FN4O2S/c1-5-20-19(15-17-7-9-18(23)10-8-17)22(25-21(24-20)16(3)4)26-11-13-27(14-12-26)30(28,29)6-2/h7-10,16H,5-6,11-15H2,1-4H3. The lowest BCUT2D eigenvalue weighted by molar-refractivity contribution is 0.384. The topological polar surface area (TPSA) is 66.4 Å². The van der Waals surface area contributed by atoms with Gasteiger partial charge in [-0.15, -0.1) is 0 Å². The maximum atomic E-state index is 13.4. The van der Waals surface area contributed by atoms with E-state index in [0.29, 0.717) is 32.6 Å². The summed E-state index contributed by atoms with van der Waals surface area (Å²) in [7, 11) is -3.19. The summed E-state index contributed by atoms with van der Waals surface area (Å²) in [6.45, 7) is 9.99. The van der Waals surface area contributed by atoms with Crippen molar-refractivity contribution < 1.29 is 12.8 Å². The van der Waals surface area contributed by atoms with Crippen molar-refractivity contribution in [3.05, 3.63) is 52.7 Å². The number of hydrogen-bond acceptors (Lipinski definition) is 5. The Labute approximate surface area is 179 Å². The second-order valence-corrected chi connectivity index (χ2v) is 10.2. The molecule has 1 aromatic carbocycles. The SMILES string of the molecule is CCc1nc(C(C)C)nc(N2CCN(S(=O)(=O)CC)CC2)c1Cc1ccc(F)cc1. The molecule has 0 spiro atoms. The average molecular weight is 435 g/mol. The van der Waals surface area contributed by atoms with Crippen molar-refractivity contribution in [2.75, 3.05) is 36.8 Å². The number of sulfonamides is 1. The summed E-state index contributed by atoms with van der Waals surface area (Å²) in [5.41, 5.74) is 3.04. The molecule has 0 atom stereocenters. The molecular formula is C22H31FN4O2S. The van der Waals surface area contributed by atoms with E-state index >= 15 is 0 Å². The molecule has 0 aliphatic carbocycles. The molecule has 2 heterocycles. The molecule has 8 heteroatoms. The molecule has 1 saturated heterocycles. The molecule has 30 heavy (non-hydrogen) atoms. The van der Waals surface area contributed by atoms with Crippen molar-refractivity contribution in [3.63, 3.8) is 0 Å². The molecule has 0 N–H and O–H groups in total. The lowest BCUT2D eigenvalue weighted by Gasteiger charge is -2.36. The Balaban J connectivity index is 1.97. The van der Waals surface area contributed by atoms with E-state index in [2.05, 4.69) is 25.7 Å². The first-order chi connectivity index (χ1) is 14.2. The third kappa shape index (κ3) is 4.98. The van der Waals surface area contributed by atoms with Crippen molar-refractivity contribution in [2.24, 2.45) is 0 Å². The molecule has 6 nitrogen and oxygen atoms in total. The van der Waals surface area contributed by atoms with E-state index in [4.69, 9.17) is 9.97 Å². The van der Waals surface area contributed by atoms with Gasteiger partial charge in [-0.25, -0.2) is 22.8 Å². The third-order valence-corrected chi connectivity index (χ3v) is 7.41. The Morgan fingerprint density at radius 1 is 1.03 bits per heavy atom. The van der Waals surface area contributed by atoms with Crippen LogP contribution in [-0.2, 0) is 22.9 Å². The van der Waals surface area contributed by atoms with Crippen LogP contribution in [0.3, 0.4) is 0 Å². The Morgan fingerprint density at radius 2 is 1.67 bits per heavy atom. The van der Waals surface area contributed by atoms with Gasteiger partial charge in [0, 0.05) is 49.8 Å². The van der Waals surface area contributed by atoms with Gasteiger partial charge in [0.1, 0.15) is 17.5 Å². The van der Waals surface area contributed by atoms with Gasteiger partial charge in [-0.05, 0) is 31.0 Å². The van der Waals surface area contributed by atoms with Crippen LogP contribution >= 0.6 is 0 Å². The highest BCUT2D eigenvalue weighted by Crippen LogP contribution is 2.28. The Morgan fingerprint density at radius 3 is 2.20 bits per heavy atom. The van der Waals surface area contributed by atoms with Gasteiger partial charge in [-0.1, -0.05) is 32.9 Å². The largest absolute Gasteiger partial charge is 0.354 e. The van der Waals surface area contributed by atoms with E-state index in [1.165, 1.54) is 12.1 Å². The average Bonchev–Trinajstić information content (AvgIpc) is 2.75. The highest BCUT2D eigenvalue weighted by Gasteiger charge is 2.28. The fourth-order valence-electron chi connectivity index (χ4n) is 3.70. The van der Waals surface area contributed by atoms with Gasteiger partial charge in [-0.3, -0.25) is 0 Å². The Hall–Kier alpha value is -2.06. The molecule has 1 aromatic heterocycles. The highest BCUT2D eigenvalue weighted by atomic mass is 32.2. The van der Waals surface area contributed by atoms with E-state index in [9.17, 15) is 12.8 Å². The van der Waals surface area contributed by atoms with Crippen molar-refractivity contribution in [3.8, 4) is 0 Å². The van der Waals surface area contributed by atoms with Crippen LogP contribution < -0.4 is 4.90 Å². The summed E-state index contributed by atoms with van der Waals surface area (Å²) >= 11 is 0. The van der Waals surface area contributed by atoms with Crippen molar-refractivity contribution >= 4 is 15.8 Å². The molecule has 1 fully saturated rings. The van der Waals surface area contributed by atoms with Crippen molar-refractivity contribution in [1.29, 1.82) is 0 Å². The molecule has 0 radical (unpaired) electrons. The normalized spacial score (nSPS) is 15.7. The van der Waals surface area contributed by atoms with Gasteiger partial charge in [0.2, 0.25) is 10.0 Å². The predicted octanol–water partition coefficient (Wildman–Crippen LogP) is 3.36. The number of hydrogen-bond donors (Lipinski definition) is 0. The van der Waals surface area contributed by atoms with E-state index in [0.717, 1.165) is 34.9 Å². The predicted molar refractivity (Wildman–Crippen MR) is 118 cm³/mol. The minimum absolute atomic E-state index is 0.119. The highest BCUT2D eigenvalue weighted by molar-refractivity contribution is 7.89. The van der Waals surface area contributed by atoms with Crippen LogP contribution in [0, 0.1) is 5.82 Å². The maximum absolute atomic E-state index is 13.4. The fraction of sp³-hybridized carbons (Fsp3) is 0.545. The molecule has 1 aliphatic rings. The summed E-state index contributed by atoms with van der Waals surface area (Å²) in [6, 6.07) is 6.53. The minimum atomic E-state index is -3.19. The number of rotatable bonds is 7. The first kappa shape index (κ1) is 22.6. The van der Waals surface area contributed by atoms with Gasteiger partial charge in [0.15, 0.2) is 0 Å². The monoisotopic (exact) mass is 434 g/mol. The molecular weight excluding hydrogens is 403 g/mol. The molecule has 0 bridgehead atoms. The molecule has 0 saturated carbocycles. The molecule has 0 amide bonds. The van der Waals surface area contributed by atoms with E-state index in [1.807, 2.05) is 0 Å². The third-order valence-electron chi connectivity index (χ3n) is 5.53. The van der Waals surface area contributed by atoms with Crippen LogP contribution in [-0.4, -0.2) is 54.6 Å². The second kappa shape index (κ2) is 9.39. The lowest BCUT2D eigenvalue weighted by Crippen LogP contribution is -2.49. The summed E-state index contributed by atoms with van der Waals surface area (Å²) in [5, 5.41) is 0. The quantitative estimate of drug-likeness (QED) is 0.669. The van der Waals surface area contributed by atoms with Crippen molar-refractivity contribution in [1.82, 2.24) is 14.3 Å². The number of halogens is 1. The van der Waals surface area contributed by atoms with Crippen molar-refractivity contribution in [2.45, 2.75) is 46.5 Å². The minimum Gasteiger partial charge on any atom is -0.354 e. The van der Waals surface area contributed by atoms with Crippen LogP contribution in [0.2, 0.25) is 0 Å². The van der Waals surface area contributed by atoms with Gasteiger partial charge in [0.25, 0.3) is 0 Å². The van der Waals surface area contributed by atoms with Crippen LogP contribution in [0.5, 0.6) is 0 Å². The number of anilines is 1. The maximum Gasteiger partial charge on any atom is 0.213 e. The van der Waals surface area contributed by atoms with E-state index < -0.39 is 10.0 Å². The zero-order valence-electron chi connectivity index (χ0n) is 18.2. The number of piperazine rings is 1. The first-order valence-corrected chi connectivity index (χ1v) is 12.2. The first-order valence-electron chi connectivity index (χ1n) is 10.6. The van der Waals surface area contributed by atoms with Gasteiger partial charge in [0.05, 0.1) is 5.75 Å². The summed E-state index contributed by atoms with van der Waals surface area (Å²) in [5.74, 6) is 1.73. The second-order valence-electron chi connectivity index (χ2n) is 7.93. The van der Waals surface area contributed by atoms with E-state index in [-0.39, 0.29) is 17.5 Å². The molecule has 1 aliphatic heterocycles. The number of aromatic nitrogens is 2. The van der Waals surface area contributed by atoms with Gasteiger partial charge >= 0.3 is 0 Å². The Kier molecular flexibility index (Phi) is 7.08. The zero-order chi connectivity index (χ0) is 21.9. The number of aryl methyl sites for hydroxylation is 1. The molecule has 3 rings (SSSR count). The lowest BCUT2D eigenvalue weighted by atomic mass is 10.0. The molecule has 164 valence electrons. The van der Waals surface area contributed by atoms with Crippen LogP contribution in [0.4, 0.5) is 10.2 Å². The Bertz CT molecular complexity index is 969. The van der Waals surface area contributed by atoms with Gasteiger partial charge in [-0.2, -0.15) is 4.31 Å². The summed E-state index contributed by atoms with van der Waals surface area (Å²) in [6.07, 6.45) is 1.39. The summed E-state index contributed by atoms with van der Waals surface area (Å²) in [4.78, 5) is 11.9.